The molecule has 7 nitrogen and oxygen atoms in total. The number of carbonyl (C=O) groups is 2. The lowest BCUT2D eigenvalue weighted by molar-refractivity contribution is -0.141. The van der Waals surface area contributed by atoms with Crippen molar-refractivity contribution < 1.29 is 18.0 Å². The number of nitrogens with zero attached hydrogens (tertiary/aromatic N) is 2. The van der Waals surface area contributed by atoms with E-state index in [1.165, 1.54) is 23.1 Å². The van der Waals surface area contributed by atoms with E-state index in [1.807, 2.05) is 20.8 Å². The Morgan fingerprint density at radius 3 is 2.12 bits per heavy atom. The predicted octanol–water partition coefficient (Wildman–Crippen LogP) is 6.56. The van der Waals surface area contributed by atoms with Crippen molar-refractivity contribution in [1.82, 2.24) is 10.2 Å². The molecular weight excluding hydrogens is 593 g/mol. The summed E-state index contributed by atoms with van der Waals surface area (Å²) in [5.41, 5.74) is 0.212. The third kappa shape index (κ3) is 8.13. The van der Waals surface area contributed by atoms with Gasteiger partial charge in [-0.25, -0.2) is 8.42 Å². The molecule has 1 atom stereocenters. The minimum atomic E-state index is -4.18. The van der Waals surface area contributed by atoms with Crippen LogP contribution in [0.25, 0.3) is 0 Å². The number of rotatable bonds is 10. The zero-order valence-corrected chi connectivity index (χ0v) is 25.8. The fourth-order valence-corrected chi connectivity index (χ4v) is 6.17. The summed E-state index contributed by atoms with van der Waals surface area (Å²) >= 11 is 18.7. The molecule has 0 spiro atoms. The standard InChI is InChI=1S/C29H32Cl3N3O4S/c1-5-26(28(37)33-29(2,3)4)34(18-20-14-15-22(31)17-25(20)32)27(36)19-35(23-11-9-10-21(30)16-23)40(38,39)24-12-7-6-8-13-24/h6-17,26H,5,18-19H2,1-4H3,(H,33,37)/t26-/m1/s1. The maximum atomic E-state index is 14.1. The monoisotopic (exact) mass is 623 g/mol. The molecule has 0 aliphatic rings. The number of benzene rings is 3. The first kappa shape index (κ1) is 31.7. The number of hydrogen-bond donors (Lipinski definition) is 1. The van der Waals surface area contributed by atoms with E-state index < -0.39 is 34.1 Å². The van der Waals surface area contributed by atoms with Crippen molar-refractivity contribution >= 4 is 62.3 Å². The summed E-state index contributed by atoms with van der Waals surface area (Å²) in [5, 5.41) is 3.97. The van der Waals surface area contributed by atoms with Gasteiger partial charge in [0.05, 0.1) is 10.6 Å². The molecule has 0 bridgehead atoms. The minimum Gasteiger partial charge on any atom is -0.350 e. The van der Waals surface area contributed by atoms with Gasteiger partial charge in [0, 0.05) is 27.2 Å². The third-order valence-corrected chi connectivity index (χ3v) is 8.56. The van der Waals surface area contributed by atoms with Crippen LogP contribution in [0.2, 0.25) is 15.1 Å². The summed E-state index contributed by atoms with van der Waals surface area (Å²) in [6, 6.07) is 18.0. The van der Waals surface area contributed by atoms with Crippen LogP contribution in [-0.4, -0.2) is 43.3 Å². The van der Waals surface area contributed by atoms with E-state index >= 15 is 0 Å². The lowest BCUT2D eigenvalue weighted by Crippen LogP contribution is -2.55. The van der Waals surface area contributed by atoms with E-state index in [2.05, 4.69) is 5.32 Å². The van der Waals surface area contributed by atoms with Gasteiger partial charge in [-0.15, -0.1) is 0 Å². The molecule has 2 amide bonds. The van der Waals surface area contributed by atoms with Gasteiger partial charge in [0.15, 0.2) is 0 Å². The van der Waals surface area contributed by atoms with E-state index in [9.17, 15) is 18.0 Å². The first-order chi connectivity index (χ1) is 18.7. The third-order valence-electron chi connectivity index (χ3n) is 5.95. The quantitative estimate of drug-likeness (QED) is 0.277. The second-order valence-corrected chi connectivity index (χ2v) is 13.4. The molecule has 0 aliphatic heterocycles. The minimum absolute atomic E-state index is 0.00703. The molecule has 0 radical (unpaired) electrons. The highest BCUT2D eigenvalue weighted by molar-refractivity contribution is 7.92. The second kappa shape index (κ2) is 13.3. The molecule has 214 valence electrons. The number of hydrogen-bond acceptors (Lipinski definition) is 4. The number of halogens is 3. The highest BCUT2D eigenvalue weighted by Gasteiger charge is 2.35. The van der Waals surface area contributed by atoms with Gasteiger partial charge in [-0.2, -0.15) is 0 Å². The Kier molecular flexibility index (Phi) is 10.5. The van der Waals surface area contributed by atoms with Crippen molar-refractivity contribution in [3.05, 3.63) is 93.4 Å². The van der Waals surface area contributed by atoms with Crippen LogP contribution in [0.5, 0.6) is 0 Å². The number of sulfonamides is 1. The van der Waals surface area contributed by atoms with Crippen LogP contribution in [0.15, 0.2) is 77.7 Å². The Labute approximate surface area is 251 Å². The molecule has 11 heteroatoms. The van der Waals surface area contributed by atoms with Crippen LogP contribution in [-0.2, 0) is 26.2 Å². The Bertz CT molecular complexity index is 1460. The maximum Gasteiger partial charge on any atom is 0.264 e. The average Bonchev–Trinajstić information content (AvgIpc) is 2.87. The summed E-state index contributed by atoms with van der Waals surface area (Å²) in [6.45, 7) is 6.68. The summed E-state index contributed by atoms with van der Waals surface area (Å²) in [7, 11) is -4.18. The number of carbonyl (C=O) groups excluding carboxylic acids is 2. The highest BCUT2D eigenvalue weighted by Crippen LogP contribution is 2.28. The first-order valence-electron chi connectivity index (χ1n) is 12.6. The molecular formula is C29H32Cl3N3O4S. The zero-order chi connectivity index (χ0) is 29.7. The van der Waals surface area contributed by atoms with Crippen LogP contribution in [0.1, 0.15) is 39.7 Å². The SMILES string of the molecule is CC[C@H](C(=O)NC(C)(C)C)N(Cc1ccc(Cl)cc1Cl)C(=O)CN(c1cccc(Cl)c1)S(=O)(=O)c1ccccc1. The van der Waals surface area contributed by atoms with Gasteiger partial charge < -0.3 is 10.2 Å². The summed E-state index contributed by atoms with van der Waals surface area (Å²) < 4.78 is 28.6. The molecule has 0 heterocycles. The van der Waals surface area contributed by atoms with Crippen molar-refractivity contribution in [2.75, 3.05) is 10.8 Å². The second-order valence-electron chi connectivity index (χ2n) is 10.2. The summed E-state index contributed by atoms with van der Waals surface area (Å²) in [5.74, 6) is -0.963. The van der Waals surface area contributed by atoms with Crippen molar-refractivity contribution in [3.63, 3.8) is 0 Å². The maximum absolute atomic E-state index is 14.1. The lowest BCUT2D eigenvalue weighted by Gasteiger charge is -2.35. The smallest absolute Gasteiger partial charge is 0.264 e. The Morgan fingerprint density at radius 1 is 0.900 bits per heavy atom. The molecule has 0 saturated carbocycles. The Morgan fingerprint density at radius 2 is 1.55 bits per heavy atom. The van der Waals surface area contributed by atoms with Crippen molar-refractivity contribution in [3.8, 4) is 0 Å². The van der Waals surface area contributed by atoms with Crippen LogP contribution in [0.4, 0.5) is 5.69 Å². The van der Waals surface area contributed by atoms with Gasteiger partial charge in [-0.3, -0.25) is 13.9 Å². The molecule has 0 aliphatic carbocycles. The van der Waals surface area contributed by atoms with Crippen LogP contribution < -0.4 is 9.62 Å². The van der Waals surface area contributed by atoms with Crippen molar-refractivity contribution in [2.24, 2.45) is 0 Å². The van der Waals surface area contributed by atoms with Gasteiger partial charge in [0.25, 0.3) is 10.0 Å². The normalized spacial score (nSPS) is 12.5. The first-order valence-corrected chi connectivity index (χ1v) is 15.2. The highest BCUT2D eigenvalue weighted by atomic mass is 35.5. The molecule has 3 aromatic rings. The van der Waals surface area contributed by atoms with Crippen LogP contribution in [0, 0.1) is 0 Å². The largest absolute Gasteiger partial charge is 0.350 e. The predicted molar refractivity (Wildman–Crippen MR) is 161 cm³/mol. The van der Waals surface area contributed by atoms with Crippen LogP contribution >= 0.6 is 34.8 Å². The molecule has 0 unspecified atom stereocenters. The number of nitrogens with one attached hydrogen (secondary N) is 1. The number of anilines is 1. The fourth-order valence-electron chi connectivity index (χ4n) is 4.09. The van der Waals surface area contributed by atoms with E-state index in [-0.39, 0.29) is 29.5 Å². The molecule has 0 aromatic heterocycles. The summed E-state index contributed by atoms with van der Waals surface area (Å²) in [6.07, 6.45) is 0.279. The number of amides is 2. The van der Waals surface area contributed by atoms with E-state index in [0.29, 0.717) is 20.6 Å². The van der Waals surface area contributed by atoms with E-state index in [1.54, 1.807) is 61.5 Å². The molecule has 40 heavy (non-hydrogen) atoms. The summed E-state index contributed by atoms with van der Waals surface area (Å²) in [4.78, 5) is 28.8. The molecule has 3 rings (SSSR count). The van der Waals surface area contributed by atoms with E-state index in [0.717, 1.165) is 4.31 Å². The molecule has 0 fully saturated rings. The fraction of sp³-hybridized carbons (Fsp3) is 0.310. The lowest BCUT2D eigenvalue weighted by atomic mass is 10.1. The Balaban J connectivity index is 2.09. The van der Waals surface area contributed by atoms with Gasteiger partial charge >= 0.3 is 0 Å². The van der Waals surface area contributed by atoms with Crippen molar-refractivity contribution in [2.45, 2.75) is 57.1 Å². The van der Waals surface area contributed by atoms with Crippen LogP contribution in [0.3, 0.4) is 0 Å². The Hall–Kier alpha value is -2.78. The molecule has 3 aromatic carbocycles. The van der Waals surface area contributed by atoms with E-state index in [4.69, 9.17) is 34.8 Å². The average molecular weight is 625 g/mol. The molecule has 1 N–H and O–H groups in total. The molecule has 0 saturated heterocycles. The topological polar surface area (TPSA) is 86.8 Å². The van der Waals surface area contributed by atoms with Crippen molar-refractivity contribution in [1.29, 1.82) is 0 Å². The van der Waals surface area contributed by atoms with Gasteiger partial charge in [-0.05, 0) is 75.2 Å². The zero-order valence-electron chi connectivity index (χ0n) is 22.7. The van der Waals surface area contributed by atoms with Gasteiger partial charge in [-0.1, -0.05) is 72.1 Å². The van der Waals surface area contributed by atoms with Gasteiger partial charge in [0.1, 0.15) is 12.6 Å². The van der Waals surface area contributed by atoms with Gasteiger partial charge in [0.2, 0.25) is 11.8 Å².